The number of nitrogens with two attached hydrogens (primary N) is 1. The van der Waals surface area contributed by atoms with E-state index in [4.69, 9.17) is 10.5 Å². The fourth-order valence-corrected chi connectivity index (χ4v) is 4.62. The van der Waals surface area contributed by atoms with Gasteiger partial charge in [0.05, 0.1) is 12.5 Å². The van der Waals surface area contributed by atoms with Gasteiger partial charge in [0, 0.05) is 23.0 Å². The molecule has 0 spiro atoms. The van der Waals surface area contributed by atoms with E-state index in [0.29, 0.717) is 28.2 Å². The monoisotopic (exact) mass is 647 g/mol. The molecular formula is C29H23F6N7O4. The zero-order valence-electron chi connectivity index (χ0n) is 23.3. The highest BCUT2D eigenvalue weighted by Crippen LogP contribution is 2.38. The molecule has 0 bridgehead atoms. The zero-order chi connectivity index (χ0) is 33.1. The third-order valence-corrected chi connectivity index (χ3v) is 6.47. The third-order valence-electron chi connectivity index (χ3n) is 6.47. The molecule has 2 aliphatic heterocycles. The van der Waals surface area contributed by atoms with Crippen LogP contribution in [0.1, 0.15) is 5.56 Å². The summed E-state index contributed by atoms with van der Waals surface area (Å²) in [6, 6.07) is 16.6. The van der Waals surface area contributed by atoms with Crippen molar-refractivity contribution >= 4 is 41.1 Å². The minimum atomic E-state index is -4.82. The Kier molecular flexibility index (Phi) is 8.75. The van der Waals surface area contributed by atoms with Crippen LogP contribution in [0.3, 0.4) is 0 Å². The number of alkyl halides is 6. The van der Waals surface area contributed by atoms with Gasteiger partial charge in [0.25, 0.3) is 0 Å². The van der Waals surface area contributed by atoms with E-state index in [-0.39, 0.29) is 23.9 Å². The normalized spacial score (nSPS) is 16.0. The summed E-state index contributed by atoms with van der Waals surface area (Å²) < 4.78 is 84.8. The van der Waals surface area contributed by atoms with Crippen LogP contribution < -0.4 is 31.2 Å². The standard InChI is InChI=1S/C29H23F6N7O4/c30-28(31,32)14-37-26(43)22-13-42-24(25(36)38-15-39-42)23(22)16-4-6-17(7-5-16)40-27(44)41-18-2-1-3-21(12-18)45-19-8-10-20(11-9-19)46-29(33,34)35/h1-12,15,22H,13-14H2,(H,37,43)(H2,36,38,39)(H2,40,41,44). The number of amidine groups is 1. The highest BCUT2D eigenvalue weighted by Gasteiger charge is 2.40. The lowest BCUT2D eigenvalue weighted by atomic mass is 9.92. The predicted octanol–water partition coefficient (Wildman–Crippen LogP) is 5.66. The third kappa shape index (κ3) is 8.04. The van der Waals surface area contributed by atoms with Crippen LogP contribution in [0.4, 0.5) is 42.5 Å². The van der Waals surface area contributed by atoms with Gasteiger partial charge in [-0.25, -0.2) is 9.79 Å². The molecule has 3 amide bonds. The van der Waals surface area contributed by atoms with Crippen molar-refractivity contribution in [2.75, 3.05) is 23.7 Å². The summed E-state index contributed by atoms with van der Waals surface area (Å²) in [4.78, 5) is 29.4. The van der Waals surface area contributed by atoms with E-state index in [9.17, 15) is 35.9 Å². The molecule has 46 heavy (non-hydrogen) atoms. The van der Waals surface area contributed by atoms with Gasteiger partial charge in [-0.3, -0.25) is 9.80 Å². The molecule has 5 N–H and O–H groups in total. The van der Waals surface area contributed by atoms with Crippen LogP contribution in [0, 0.1) is 5.92 Å². The molecule has 240 valence electrons. The molecule has 5 rings (SSSR count). The van der Waals surface area contributed by atoms with Crippen LogP contribution in [0.2, 0.25) is 0 Å². The lowest BCUT2D eigenvalue weighted by Crippen LogP contribution is -2.39. The van der Waals surface area contributed by atoms with Gasteiger partial charge >= 0.3 is 18.6 Å². The molecule has 1 unspecified atom stereocenters. The highest BCUT2D eigenvalue weighted by molar-refractivity contribution is 6.11. The first-order valence-corrected chi connectivity index (χ1v) is 13.3. The molecule has 0 fully saturated rings. The molecule has 3 aromatic rings. The van der Waals surface area contributed by atoms with Crippen LogP contribution in [0.5, 0.6) is 17.2 Å². The van der Waals surface area contributed by atoms with Gasteiger partial charge in [-0.2, -0.15) is 18.3 Å². The van der Waals surface area contributed by atoms with E-state index in [2.05, 4.69) is 25.5 Å². The number of carbonyl (C=O) groups excluding carboxylic acids is 2. The number of rotatable bonds is 8. The molecular weight excluding hydrogens is 624 g/mol. The molecule has 2 aliphatic rings. The fraction of sp³-hybridized carbons (Fsp3) is 0.172. The van der Waals surface area contributed by atoms with Crippen molar-refractivity contribution in [3.63, 3.8) is 0 Å². The van der Waals surface area contributed by atoms with Gasteiger partial charge in [-0.05, 0) is 54.1 Å². The zero-order valence-corrected chi connectivity index (χ0v) is 23.3. The van der Waals surface area contributed by atoms with Crippen LogP contribution in [0.15, 0.2) is 88.6 Å². The van der Waals surface area contributed by atoms with Gasteiger partial charge < -0.3 is 31.2 Å². The number of ether oxygens (including phenoxy) is 2. The molecule has 0 aliphatic carbocycles. The van der Waals surface area contributed by atoms with Crippen molar-refractivity contribution in [3.05, 3.63) is 84.1 Å². The molecule has 1 atom stereocenters. The summed E-state index contributed by atoms with van der Waals surface area (Å²) in [7, 11) is 0. The maximum atomic E-state index is 12.8. The number of anilines is 2. The van der Waals surface area contributed by atoms with Crippen LogP contribution in [0.25, 0.3) is 5.57 Å². The molecule has 0 radical (unpaired) electrons. The number of halogens is 6. The number of nitrogens with one attached hydrogen (secondary N) is 3. The van der Waals surface area contributed by atoms with Crippen molar-refractivity contribution < 1.29 is 45.4 Å². The lowest BCUT2D eigenvalue weighted by molar-refractivity contribution is -0.274. The maximum Gasteiger partial charge on any atom is 0.573 e. The Morgan fingerprint density at radius 1 is 0.891 bits per heavy atom. The largest absolute Gasteiger partial charge is 0.573 e. The second kappa shape index (κ2) is 12.7. The van der Waals surface area contributed by atoms with E-state index < -0.39 is 42.7 Å². The number of nitrogens with zero attached hydrogens (tertiary/aromatic N) is 3. The van der Waals surface area contributed by atoms with Crippen LogP contribution in [-0.2, 0) is 4.79 Å². The summed E-state index contributed by atoms with van der Waals surface area (Å²) in [6.45, 7) is -1.55. The van der Waals surface area contributed by atoms with E-state index in [1.165, 1.54) is 41.7 Å². The number of aliphatic imine (C=N–C) groups is 1. The van der Waals surface area contributed by atoms with E-state index >= 15 is 0 Å². The van der Waals surface area contributed by atoms with Gasteiger partial charge in [0.1, 0.15) is 35.8 Å². The number of amides is 3. The quantitative estimate of drug-likeness (QED) is 0.233. The second-order valence-electron chi connectivity index (χ2n) is 9.78. The Morgan fingerprint density at radius 3 is 2.24 bits per heavy atom. The topological polar surface area (TPSA) is 143 Å². The van der Waals surface area contributed by atoms with Crippen molar-refractivity contribution in [2.24, 2.45) is 21.7 Å². The number of hydrogen-bond donors (Lipinski definition) is 4. The Morgan fingerprint density at radius 2 is 1.57 bits per heavy atom. The Hall–Kier alpha value is -5.74. The van der Waals surface area contributed by atoms with Crippen molar-refractivity contribution in [1.82, 2.24) is 10.3 Å². The summed E-state index contributed by atoms with van der Waals surface area (Å²) >= 11 is 0. The Bertz CT molecular complexity index is 1700. The summed E-state index contributed by atoms with van der Waals surface area (Å²) in [6.07, 6.45) is -8.24. The predicted molar refractivity (Wildman–Crippen MR) is 155 cm³/mol. The Labute approximate surface area is 256 Å². The molecule has 2 heterocycles. The van der Waals surface area contributed by atoms with Crippen molar-refractivity contribution in [3.8, 4) is 17.2 Å². The first-order chi connectivity index (χ1) is 21.7. The second-order valence-corrected chi connectivity index (χ2v) is 9.78. The van der Waals surface area contributed by atoms with Gasteiger partial charge in [-0.1, -0.05) is 18.2 Å². The van der Waals surface area contributed by atoms with Crippen molar-refractivity contribution in [1.29, 1.82) is 0 Å². The minimum absolute atomic E-state index is 0.0383. The van der Waals surface area contributed by atoms with Crippen LogP contribution >= 0.6 is 0 Å². The SMILES string of the molecule is NC1=NC=NN2CC(C(=O)NCC(F)(F)F)C(c3ccc(NC(=O)Nc4cccc(Oc5ccc(OC(F)(F)F)cc5)c4)cc3)=C12. The van der Waals surface area contributed by atoms with E-state index in [1.807, 2.05) is 5.32 Å². The highest BCUT2D eigenvalue weighted by atomic mass is 19.4. The van der Waals surface area contributed by atoms with Gasteiger partial charge in [0.2, 0.25) is 5.91 Å². The average molecular weight is 648 g/mol. The molecule has 0 aromatic heterocycles. The maximum absolute atomic E-state index is 12.8. The average Bonchev–Trinajstić information content (AvgIpc) is 3.37. The van der Waals surface area contributed by atoms with E-state index in [1.54, 1.807) is 30.3 Å². The number of carbonyl (C=O) groups is 2. The minimum Gasteiger partial charge on any atom is -0.457 e. The van der Waals surface area contributed by atoms with Crippen LogP contribution in [-0.4, -0.2) is 54.7 Å². The molecule has 0 saturated carbocycles. The number of fused-ring (bicyclic) bond motifs is 1. The summed E-state index contributed by atoms with van der Waals surface area (Å²) in [5.74, 6) is -1.76. The first-order valence-electron chi connectivity index (χ1n) is 13.3. The number of hydrazone groups is 1. The Balaban J connectivity index is 1.24. The van der Waals surface area contributed by atoms with E-state index in [0.717, 1.165) is 12.1 Å². The smallest absolute Gasteiger partial charge is 0.457 e. The van der Waals surface area contributed by atoms with Gasteiger partial charge in [-0.15, -0.1) is 13.2 Å². The molecule has 3 aromatic carbocycles. The number of benzene rings is 3. The summed E-state index contributed by atoms with van der Waals surface area (Å²) in [5.41, 5.74) is 7.78. The first kappa shape index (κ1) is 31.7. The number of urea groups is 1. The molecule has 17 heteroatoms. The fourth-order valence-electron chi connectivity index (χ4n) is 4.62. The number of hydrogen-bond acceptors (Lipinski definition) is 8. The summed E-state index contributed by atoms with van der Waals surface area (Å²) in [5, 5.41) is 12.6. The lowest BCUT2D eigenvalue weighted by Gasteiger charge is -2.18. The van der Waals surface area contributed by atoms with Crippen molar-refractivity contribution in [2.45, 2.75) is 12.5 Å². The molecule has 0 saturated heterocycles. The molecule has 11 nitrogen and oxygen atoms in total. The van der Waals surface area contributed by atoms with Gasteiger partial charge in [0.15, 0.2) is 5.84 Å².